The summed E-state index contributed by atoms with van der Waals surface area (Å²) >= 11 is 0. The number of fused-ring (bicyclic) bond motifs is 1. The van der Waals surface area contributed by atoms with Crippen molar-refractivity contribution < 1.29 is 27.4 Å². The molecule has 0 amide bonds. The Bertz CT molecular complexity index is 1260. The van der Waals surface area contributed by atoms with Crippen molar-refractivity contribution in [2.75, 3.05) is 37.0 Å². The highest BCUT2D eigenvalue weighted by Gasteiger charge is 2.48. The van der Waals surface area contributed by atoms with Gasteiger partial charge in [-0.3, -0.25) is 0 Å². The number of rotatable bonds is 8. The molecule has 2 aliphatic heterocycles. The van der Waals surface area contributed by atoms with Gasteiger partial charge in [0, 0.05) is 45.1 Å². The minimum Gasteiger partial charge on any atom is -0.381 e. The number of nitrogens with one attached hydrogen (secondary N) is 1. The number of hydrogen-bond donors (Lipinski definition) is 1. The Balaban J connectivity index is 1.33. The number of imidazole rings is 1. The molecule has 0 saturated carbocycles. The van der Waals surface area contributed by atoms with E-state index in [1.807, 2.05) is 6.07 Å². The topological polar surface area (TPSA) is 99.5 Å². The fourth-order valence-corrected chi connectivity index (χ4v) is 5.22. The maximum absolute atomic E-state index is 13.6. The second-order valence-electron chi connectivity index (χ2n) is 10.2. The van der Waals surface area contributed by atoms with E-state index in [4.69, 9.17) is 19.2 Å². The van der Waals surface area contributed by atoms with Crippen LogP contribution in [0.3, 0.4) is 0 Å². The zero-order chi connectivity index (χ0) is 27.6. The van der Waals surface area contributed by atoms with Gasteiger partial charge < -0.3 is 29.0 Å². The third-order valence-corrected chi connectivity index (χ3v) is 7.16. The molecule has 0 aromatic carbocycles. The molecule has 2 fully saturated rings. The molecule has 2 saturated heterocycles. The maximum atomic E-state index is 13.6. The Kier molecular flexibility index (Phi) is 8.19. The number of aromatic nitrogens is 5. The van der Waals surface area contributed by atoms with Crippen LogP contribution in [-0.2, 0) is 20.8 Å². The molecule has 0 aliphatic carbocycles. The summed E-state index contributed by atoms with van der Waals surface area (Å²) in [6.07, 6.45) is 0.989. The molecule has 3 unspecified atom stereocenters. The van der Waals surface area contributed by atoms with Gasteiger partial charge in [-0.05, 0) is 45.6 Å². The monoisotopic (exact) mass is 549 g/mol. The van der Waals surface area contributed by atoms with Gasteiger partial charge in [0.25, 0.3) is 0 Å². The first kappa shape index (κ1) is 27.5. The Labute approximate surface area is 224 Å². The lowest BCUT2D eigenvalue weighted by Crippen LogP contribution is -2.50. The molecule has 1 N–H and O–H groups in total. The second kappa shape index (κ2) is 11.6. The lowest BCUT2D eigenvalue weighted by Gasteiger charge is -2.38. The Morgan fingerprint density at radius 3 is 2.72 bits per heavy atom. The molecule has 3 aromatic heterocycles. The first-order valence-electron chi connectivity index (χ1n) is 13.3. The Morgan fingerprint density at radius 2 is 2.00 bits per heavy atom. The van der Waals surface area contributed by atoms with Gasteiger partial charge >= 0.3 is 6.18 Å². The van der Waals surface area contributed by atoms with Crippen molar-refractivity contribution in [3.05, 3.63) is 30.4 Å². The fourth-order valence-electron chi connectivity index (χ4n) is 5.22. The molecule has 13 heteroatoms. The number of piperidine rings is 1. The van der Waals surface area contributed by atoms with Crippen LogP contribution in [0.4, 0.5) is 30.8 Å². The smallest absolute Gasteiger partial charge is 0.381 e. The molecular weight excluding hydrogens is 515 g/mol. The van der Waals surface area contributed by atoms with Crippen LogP contribution in [0.25, 0.3) is 11.0 Å². The highest BCUT2D eigenvalue weighted by atomic mass is 19.4. The van der Waals surface area contributed by atoms with E-state index < -0.39 is 18.2 Å². The summed E-state index contributed by atoms with van der Waals surface area (Å²) in [6.45, 7) is 5.29. The van der Waals surface area contributed by atoms with E-state index in [9.17, 15) is 13.2 Å². The van der Waals surface area contributed by atoms with Crippen LogP contribution in [-0.4, -0.2) is 69.9 Å². The van der Waals surface area contributed by atoms with Gasteiger partial charge in [-0.1, -0.05) is 0 Å². The third kappa shape index (κ3) is 6.25. The van der Waals surface area contributed by atoms with E-state index in [1.54, 1.807) is 17.2 Å². The minimum atomic E-state index is -4.37. The van der Waals surface area contributed by atoms with E-state index in [1.165, 1.54) is 13.3 Å². The predicted molar refractivity (Wildman–Crippen MR) is 139 cm³/mol. The summed E-state index contributed by atoms with van der Waals surface area (Å²) in [5.41, 5.74) is 1.62. The molecule has 39 heavy (non-hydrogen) atoms. The molecule has 3 atom stereocenters. The number of nitrogens with zero attached hydrogens (tertiary/aromatic N) is 6. The summed E-state index contributed by atoms with van der Waals surface area (Å²) in [5, 5.41) is 3.17. The molecule has 10 nitrogen and oxygen atoms in total. The Hall–Kier alpha value is -3.03. The molecular formula is C26H34F3N7O3. The molecule has 212 valence electrons. The highest BCUT2D eigenvalue weighted by molar-refractivity contribution is 5.79. The quantitative estimate of drug-likeness (QED) is 0.416. The van der Waals surface area contributed by atoms with Gasteiger partial charge in [-0.2, -0.15) is 18.2 Å². The number of hydrogen-bond acceptors (Lipinski definition) is 9. The highest BCUT2D eigenvalue weighted by Crippen LogP contribution is 2.36. The van der Waals surface area contributed by atoms with E-state index in [-0.39, 0.29) is 31.2 Å². The molecule has 0 spiro atoms. The molecule has 2 aliphatic rings. The van der Waals surface area contributed by atoms with Crippen LogP contribution in [0, 0.1) is 5.92 Å². The normalized spacial score (nSPS) is 22.5. The van der Waals surface area contributed by atoms with Crippen molar-refractivity contribution in [1.82, 2.24) is 24.5 Å². The summed E-state index contributed by atoms with van der Waals surface area (Å²) in [4.78, 5) is 19.5. The van der Waals surface area contributed by atoms with Gasteiger partial charge in [0.1, 0.15) is 29.6 Å². The summed E-state index contributed by atoms with van der Waals surface area (Å²) in [7, 11) is 1.32. The van der Waals surface area contributed by atoms with E-state index in [0.717, 1.165) is 36.1 Å². The molecule has 0 radical (unpaired) electrons. The molecule has 3 aromatic rings. The number of pyridine rings is 1. The van der Waals surface area contributed by atoms with Crippen LogP contribution in [0.2, 0.25) is 0 Å². The van der Waals surface area contributed by atoms with E-state index >= 15 is 0 Å². The van der Waals surface area contributed by atoms with Crippen LogP contribution < -0.4 is 10.2 Å². The van der Waals surface area contributed by atoms with Gasteiger partial charge in [0.2, 0.25) is 5.95 Å². The van der Waals surface area contributed by atoms with Crippen LogP contribution >= 0.6 is 0 Å². The van der Waals surface area contributed by atoms with Gasteiger partial charge in [0.15, 0.2) is 6.29 Å². The van der Waals surface area contributed by atoms with Gasteiger partial charge in [0.05, 0.1) is 23.7 Å². The van der Waals surface area contributed by atoms with Crippen LogP contribution in [0.5, 0.6) is 0 Å². The number of alkyl halides is 3. The fraction of sp³-hybridized carbons (Fsp3) is 0.615. The number of anilines is 3. The summed E-state index contributed by atoms with van der Waals surface area (Å²) in [5.74, 6) is 0.360. The summed E-state index contributed by atoms with van der Waals surface area (Å²) in [6, 6.07) is 3.66. The lowest BCUT2D eigenvalue weighted by molar-refractivity contribution is -0.205. The second-order valence-corrected chi connectivity index (χ2v) is 10.2. The lowest BCUT2D eigenvalue weighted by atomic mass is 9.94. The third-order valence-electron chi connectivity index (χ3n) is 7.16. The zero-order valence-electron chi connectivity index (χ0n) is 22.3. The first-order chi connectivity index (χ1) is 18.7. The SMILES string of the molecule is COC1CCN(c2nccc(Nc3cc4c(cn3)nc(COC3CCCCO3)n4C(C)C)n2)CC1C(F)(F)F. The van der Waals surface area contributed by atoms with Crippen molar-refractivity contribution >= 4 is 28.6 Å². The summed E-state index contributed by atoms with van der Waals surface area (Å²) < 4.78 is 59.7. The van der Waals surface area contributed by atoms with Crippen molar-refractivity contribution in [1.29, 1.82) is 0 Å². The maximum Gasteiger partial charge on any atom is 0.395 e. The molecule has 0 bridgehead atoms. The predicted octanol–water partition coefficient (Wildman–Crippen LogP) is 4.99. The van der Waals surface area contributed by atoms with Crippen molar-refractivity contribution in [2.24, 2.45) is 5.92 Å². The van der Waals surface area contributed by atoms with Crippen molar-refractivity contribution in [3.8, 4) is 0 Å². The first-order valence-corrected chi connectivity index (χ1v) is 13.3. The average molecular weight is 550 g/mol. The zero-order valence-corrected chi connectivity index (χ0v) is 22.3. The standard InChI is InChI=1S/C26H34F3N7O3/c1-16(2)36-19-12-22(31-13-18(19)32-23(36)15-39-24-6-4-5-11-38-24)33-21-7-9-30-25(34-21)35-10-8-20(37-3)17(14-35)26(27,28)29/h7,9,12-13,16-17,20,24H,4-6,8,10-11,14-15H2,1-3H3,(H,30,31,33,34). The number of halogens is 3. The Morgan fingerprint density at radius 1 is 1.15 bits per heavy atom. The number of ether oxygens (including phenoxy) is 3. The number of methoxy groups -OCH3 is 1. The van der Waals surface area contributed by atoms with Crippen molar-refractivity contribution in [3.63, 3.8) is 0 Å². The average Bonchev–Trinajstić information content (AvgIpc) is 3.30. The molecule has 5 rings (SSSR count). The van der Waals surface area contributed by atoms with Crippen LogP contribution in [0.1, 0.15) is 51.4 Å². The van der Waals surface area contributed by atoms with Crippen LogP contribution in [0.15, 0.2) is 24.5 Å². The van der Waals surface area contributed by atoms with Gasteiger partial charge in [-0.15, -0.1) is 0 Å². The molecule has 5 heterocycles. The van der Waals surface area contributed by atoms with Crippen molar-refractivity contribution in [2.45, 2.75) is 70.7 Å². The minimum absolute atomic E-state index is 0.124. The largest absolute Gasteiger partial charge is 0.395 e. The van der Waals surface area contributed by atoms with E-state index in [2.05, 4.69) is 38.7 Å². The van der Waals surface area contributed by atoms with Gasteiger partial charge in [-0.25, -0.2) is 15.0 Å². The van der Waals surface area contributed by atoms with E-state index in [0.29, 0.717) is 31.4 Å².